The normalized spacial score (nSPS) is 14.5. The van der Waals surface area contributed by atoms with Crippen molar-refractivity contribution in [1.29, 1.82) is 0 Å². The van der Waals surface area contributed by atoms with E-state index in [1.807, 2.05) is 30.3 Å². The number of benzene rings is 2. The van der Waals surface area contributed by atoms with Crippen molar-refractivity contribution in [3.05, 3.63) is 65.5 Å². The Labute approximate surface area is 161 Å². The zero-order valence-electron chi connectivity index (χ0n) is 15.0. The largest absolute Gasteiger partial charge is 0.481 e. The van der Waals surface area contributed by atoms with Gasteiger partial charge in [0.15, 0.2) is 0 Å². The Morgan fingerprint density at radius 1 is 1.21 bits per heavy atom. The molecule has 0 aromatic heterocycles. The van der Waals surface area contributed by atoms with Crippen molar-refractivity contribution in [2.45, 2.75) is 6.42 Å². The first-order valence-electron chi connectivity index (χ1n) is 8.85. The molecular weight excluding hydrogens is 365 g/mol. The molecule has 1 atom stereocenters. The number of amides is 3. The average molecular weight is 385 g/mol. The van der Waals surface area contributed by atoms with Crippen molar-refractivity contribution in [3.8, 4) is 0 Å². The number of carbonyl (C=O) groups is 3. The lowest BCUT2D eigenvalue weighted by Crippen LogP contribution is -2.34. The van der Waals surface area contributed by atoms with Crippen LogP contribution >= 0.6 is 0 Å². The third kappa shape index (κ3) is 4.46. The van der Waals surface area contributed by atoms with E-state index >= 15 is 0 Å². The van der Waals surface area contributed by atoms with Crippen LogP contribution in [0.15, 0.2) is 48.5 Å². The molecule has 0 spiro atoms. The Balaban J connectivity index is 1.69. The molecule has 0 saturated carbocycles. The van der Waals surface area contributed by atoms with Crippen molar-refractivity contribution < 1.29 is 23.9 Å². The Bertz CT molecular complexity index is 888. The van der Waals surface area contributed by atoms with Crippen LogP contribution in [-0.2, 0) is 11.2 Å². The summed E-state index contributed by atoms with van der Waals surface area (Å²) < 4.78 is 14.1. The summed E-state index contributed by atoms with van der Waals surface area (Å²) in [5, 5.41) is 14.5. The molecule has 3 amide bonds. The zero-order valence-corrected chi connectivity index (χ0v) is 15.0. The molecule has 0 aliphatic carbocycles. The first kappa shape index (κ1) is 19.3. The van der Waals surface area contributed by atoms with E-state index in [0.717, 1.165) is 11.6 Å². The summed E-state index contributed by atoms with van der Waals surface area (Å²) in [6, 6.07) is 12.6. The van der Waals surface area contributed by atoms with Gasteiger partial charge in [-0.1, -0.05) is 30.3 Å². The molecule has 0 bridgehead atoms. The van der Waals surface area contributed by atoms with Crippen molar-refractivity contribution in [1.82, 2.24) is 10.6 Å². The van der Waals surface area contributed by atoms with Crippen molar-refractivity contribution in [2.24, 2.45) is 5.92 Å². The summed E-state index contributed by atoms with van der Waals surface area (Å²) in [7, 11) is 0. The summed E-state index contributed by atoms with van der Waals surface area (Å²) in [5.74, 6) is -3.36. The van der Waals surface area contributed by atoms with Crippen molar-refractivity contribution >= 4 is 23.6 Å². The van der Waals surface area contributed by atoms with Crippen LogP contribution in [0, 0.1) is 11.7 Å². The number of anilines is 1. The predicted octanol–water partition coefficient (Wildman–Crippen LogP) is 2.03. The van der Waals surface area contributed by atoms with Gasteiger partial charge < -0.3 is 15.7 Å². The fourth-order valence-corrected chi connectivity index (χ4v) is 3.03. The lowest BCUT2D eigenvalue weighted by atomic mass is 9.99. The highest BCUT2D eigenvalue weighted by atomic mass is 19.1. The molecule has 7 nitrogen and oxygen atoms in total. The van der Waals surface area contributed by atoms with E-state index in [-0.39, 0.29) is 24.6 Å². The van der Waals surface area contributed by atoms with Crippen LogP contribution in [0.2, 0.25) is 0 Å². The number of nitrogens with one attached hydrogen (secondary N) is 2. The number of carboxylic acid groups (broad SMARTS) is 1. The highest BCUT2D eigenvalue weighted by molar-refractivity contribution is 5.98. The Morgan fingerprint density at radius 3 is 2.61 bits per heavy atom. The lowest BCUT2D eigenvalue weighted by molar-refractivity contribution is -0.141. The predicted molar refractivity (Wildman–Crippen MR) is 101 cm³/mol. The number of carboxylic acids is 1. The van der Waals surface area contributed by atoms with Crippen molar-refractivity contribution in [3.63, 3.8) is 0 Å². The quantitative estimate of drug-likeness (QED) is 0.679. The number of hydrogen-bond acceptors (Lipinski definition) is 3. The molecule has 1 unspecified atom stereocenters. The summed E-state index contributed by atoms with van der Waals surface area (Å²) in [6.07, 6.45) is 0.243. The maximum absolute atomic E-state index is 14.1. The summed E-state index contributed by atoms with van der Waals surface area (Å²) >= 11 is 0. The van der Waals surface area contributed by atoms with Crippen LogP contribution < -0.4 is 15.5 Å². The number of aliphatic carboxylic acids is 1. The minimum atomic E-state index is -1.05. The van der Waals surface area contributed by atoms with Crippen LogP contribution in [0.3, 0.4) is 0 Å². The van der Waals surface area contributed by atoms with Gasteiger partial charge in [0.05, 0.1) is 11.5 Å². The van der Waals surface area contributed by atoms with E-state index < -0.39 is 23.6 Å². The van der Waals surface area contributed by atoms with Gasteiger partial charge in [-0.2, -0.15) is 0 Å². The zero-order chi connectivity index (χ0) is 20.1. The highest BCUT2D eigenvalue weighted by Gasteiger charge is 2.24. The second-order valence-corrected chi connectivity index (χ2v) is 6.48. The lowest BCUT2D eigenvalue weighted by Gasteiger charge is -2.17. The summed E-state index contributed by atoms with van der Waals surface area (Å²) in [5.41, 5.74) is 0.999. The van der Waals surface area contributed by atoms with E-state index in [9.17, 15) is 23.9 Å². The Morgan fingerprint density at radius 2 is 1.96 bits per heavy atom. The molecule has 8 heteroatoms. The van der Waals surface area contributed by atoms with Gasteiger partial charge in [0.1, 0.15) is 5.82 Å². The molecular formula is C20H20FN3O4. The number of urea groups is 1. The van der Waals surface area contributed by atoms with Crippen LogP contribution in [0.1, 0.15) is 15.9 Å². The number of hydrogen-bond donors (Lipinski definition) is 3. The molecule has 1 fully saturated rings. The fourth-order valence-electron chi connectivity index (χ4n) is 3.03. The van der Waals surface area contributed by atoms with Gasteiger partial charge in [-0.05, 0) is 30.2 Å². The second kappa shape index (κ2) is 8.51. The standard InChI is InChI=1S/C20H20FN3O4/c21-17-7-6-15(24-9-8-22-20(24)28)11-16(17)18(25)23-12-14(19(26)27)10-13-4-2-1-3-5-13/h1-7,11,14H,8-10,12H2,(H,22,28)(H,23,25)(H,26,27). The second-order valence-electron chi connectivity index (χ2n) is 6.48. The Hall–Kier alpha value is -3.42. The van der Waals surface area contributed by atoms with Gasteiger partial charge in [-0.25, -0.2) is 9.18 Å². The molecule has 2 aromatic carbocycles. The van der Waals surface area contributed by atoms with Crippen LogP contribution in [-0.4, -0.2) is 42.6 Å². The molecule has 2 aromatic rings. The molecule has 1 heterocycles. The molecule has 3 N–H and O–H groups in total. The van der Waals surface area contributed by atoms with E-state index in [0.29, 0.717) is 18.8 Å². The molecule has 1 saturated heterocycles. The fraction of sp³-hybridized carbons (Fsp3) is 0.250. The number of rotatable bonds is 7. The molecule has 3 rings (SSSR count). The molecule has 1 aliphatic heterocycles. The van der Waals surface area contributed by atoms with E-state index in [1.165, 1.54) is 17.0 Å². The molecule has 0 radical (unpaired) electrons. The minimum absolute atomic E-state index is 0.142. The van der Waals surface area contributed by atoms with Gasteiger partial charge >= 0.3 is 12.0 Å². The van der Waals surface area contributed by atoms with Crippen LogP contribution in [0.5, 0.6) is 0 Å². The molecule has 28 heavy (non-hydrogen) atoms. The first-order chi connectivity index (χ1) is 13.5. The number of carbonyl (C=O) groups excluding carboxylic acids is 2. The summed E-state index contributed by atoms with van der Waals surface area (Å²) in [4.78, 5) is 37.1. The van der Waals surface area contributed by atoms with Gasteiger partial charge in [0.25, 0.3) is 5.91 Å². The van der Waals surface area contributed by atoms with Crippen molar-refractivity contribution in [2.75, 3.05) is 24.5 Å². The van der Waals surface area contributed by atoms with Gasteiger partial charge in [0.2, 0.25) is 0 Å². The average Bonchev–Trinajstić information content (AvgIpc) is 3.11. The van der Waals surface area contributed by atoms with Crippen LogP contribution in [0.25, 0.3) is 0 Å². The van der Waals surface area contributed by atoms with E-state index in [1.54, 1.807) is 0 Å². The van der Waals surface area contributed by atoms with Gasteiger partial charge in [-0.3, -0.25) is 14.5 Å². The van der Waals surface area contributed by atoms with E-state index in [2.05, 4.69) is 10.6 Å². The maximum Gasteiger partial charge on any atom is 0.321 e. The number of halogens is 1. The highest BCUT2D eigenvalue weighted by Crippen LogP contribution is 2.21. The van der Waals surface area contributed by atoms with Crippen LogP contribution in [0.4, 0.5) is 14.9 Å². The van der Waals surface area contributed by atoms with E-state index in [4.69, 9.17) is 0 Å². The Kier molecular flexibility index (Phi) is 5.88. The minimum Gasteiger partial charge on any atom is -0.481 e. The monoisotopic (exact) mass is 385 g/mol. The summed E-state index contributed by atoms with van der Waals surface area (Å²) in [6.45, 7) is 0.748. The molecule has 1 aliphatic rings. The smallest absolute Gasteiger partial charge is 0.321 e. The van der Waals surface area contributed by atoms with Gasteiger partial charge in [-0.15, -0.1) is 0 Å². The third-order valence-electron chi connectivity index (χ3n) is 4.55. The molecule has 146 valence electrons. The number of nitrogens with zero attached hydrogens (tertiary/aromatic N) is 1. The third-order valence-corrected chi connectivity index (χ3v) is 4.55. The topological polar surface area (TPSA) is 98.7 Å². The maximum atomic E-state index is 14.1. The SMILES string of the molecule is O=C(NCC(Cc1ccccc1)C(=O)O)c1cc(N2CCNC2=O)ccc1F. The first-order valence-corrected chi connectivity index (χ1v) is 8.85. The van der Waals surface area contributed by atoms with Gasteiger partial charge in [0, 0.05) is 25.3 Å².